The summed E-state index contributed by atoms with van der Waals surface area (Å²) in [6, 6.07) is 2.96. The maximum absolute atomic E-state index is 11.0. The molecule has 2 rings (SSSR count). The van der Waals surface area contributed by atoms with Gasteiger partial charge in [-0.25, -0.2) is 9.78 Å². The van der Waals surface area contributed by atoms with Gasteiger partial charge in [-0.05, 0) is 30.4 Å². The highest BCUT2D eigenvalue weighted by Crippen LogP contribution is 2.40. The molecule has 1 aromatic heterocycles. The number of aromatic carboxylic acids is 1. The molecule has 0 spiro atoms. The zero-order chi connectivity index (χ0) is 12.5. The Morgan fingerprint density at radius 1 is 1.59 bits per heavy atom. The predicted molar refractivity (Wildman–Crippen MR) is 66.7 cm³/mol. The Balaban J connectivity index is 2.13. The maximum atomic E-state index is 11.0. The van der Waals surface area contributed by atoms with Crippen LogP contribution in [0.5, 0.6) is 0 Å². The average Bonchev–Trinajstić information content (AvgIpc) is 2.23. The molecular formula is C12H15ClN2O2. The van der Waals surface area contributed by atoms with Crippen LogP contribution in [-0.4, -0.2) is 22.6 Å². The van der Waals surface area contributed by atoms with E-state index < -0.39 is 5.97 Å². The van der Waals surface area contributed by atoms with Crippen LogP contribution in [0.25, 0.3) is 0 Å². The fraction of sp³-hybridized carbons (Fsp3) is 0.500. The van der Waals surface area contributed by atoms with Crippen molar-refractivity contribution in [2.75, 3.05) is 11.9 Å². The van der Waals surface area contributed by atoms with Gasteiger partial charge in [0.25, 0.3) is 0 Å². The molecule has 4 nitrogen and oxygen atoms in total. The summed E-state index contributed by atoms with van der Waals surface area (Å²) in [6.45, 7) is 2.93. The lowest BCUT2D eigenvalue weighted by atomic mass is 9.70. The standard InChI is InChI=1S/C12H15ClN2O2/c1-12(5-2-6-12)7-14-10-8(11(16)17)3-4-9(13)15-10/h3-4H,2,5-7H2,1H3,(H,14,15)(H,16,17). The largest absolute Gasteiger partial charge is 0.478 e. The Morgan fingerprint density at radius 3 is 2.82 bits per heavy atom. The number of anilines is 1. The highest BCUT2D eigenvalue weighted by molar-refractivity contribution is 6.29. The summed E-state index contributed by atoms with van der Waals surface area (Å²) in [6.07, 6.45) is 3.58. The second-order valence-electron chi connectivity index (χ2n) is 4.85. The van der Waals surface area contributed by atoms with Crippen molar-refractivity contribution in [2.24, 2.45) is 5.41 Å². The number of nitrogens with one attached hydrogen (secondary N) is 1. The molecule has 0 radical (unpaired) electrons. The number of aromatic nitrogens is 1. The Labute approximate surface area is 105 Å². The van der Waals surface area contributed by atoms with Crippen LogP contribution in [0.2, 0.25) is 5.15 Å². The minimum atomic E-state index is -0.990. The fourth-order valence-electron chi connectivity index (χ4n) is 2.00. The summed E-state index contributed by atoms with van der Waals surface area (Å²) in [5.74, 6) is -0.631. The molecule has 92 valence electrons. The summed E-state index contributed by atoms with van der Waals surface area (Å²) in [4.78, 5) is 15.0. The van der Waals surface area contributed by atoms with Crippen LogP contribution in [-0.2, 0) is 0 Å². The Bertz CT molecular complexity index is 444. The van der Waals surface area contributed by atoms with E-state index in [0.717, 1.165) is 6.54 Å². The lowest BCUT2D eigenvalue weighted by molar-refractivity contribution is 0.0697. The van der Waals surface area contributed by atoms with Crippen LogP contribution in [0.4, 0.5) is 5.82 Å². The average molecular weight is 255 g/mol. The molecule has 0 bridgehead atoms. The second-order valence-corrected chi connectivity index (χ2v) is 5.24. The summed E-state index contributed by atoms with van der Waals surface area (Å²) in [5, 5.41) is 12.4. The topological polar surface area (TPSA) is 62.2 Å². The number of carbonyl (C=O) groups is 1. The molecule has 0 aliphatic heterocycles. The number of rotatable bonds is 4. The first-order valence-corrected chi connectivity index (χ1v) is 6.02. The van der Waals surface area contributed by atoms with Gasteiger partial charge in [-0.2, -0.15) is 0 Å². The molecule has 0 amide bonds. The summed E-state index contributed by atoms with van der Waals surface area (Å²) in [5.41, 5.74) is 0.428. The first kappa shape index (κ1) is 12.2. The van der Waals surface area contributed by atoms with Gasteiger partial charge < -0.3 is 10.4 Å². The third-order valence-corrected chi connectivity index (χ3v) is 3.55. The van der Waals surface area contributed by atoms with Crippen molar-refractivity contribution in [2.45, 2.75) is 26.2 Å². The zero-order valence-corrected chi connectivity index (χ0v) is 10.4. The van der Waals surface area contributed by atoms with Gasteiger partial charge in [0.2, 0.25) is 0 Å². The molecule has 5 heteroatoms. The zero-order valence-electron chi connectivity index (χ0n) is 9.66. The van der Waals surface area contributed by atoms with E-state index in [4.69, 9.17) is 16.7 Å². The van der Waals surface area contributed by atoms with Crippen molar-refractivity contribution >= 4 is 23.4 Å². The molecule has 17 heavy (non-hydrogen) atoms. The normalized spacial score (nSPS) is 17.3. The van der Waals surface area contributed by atoms with Gasteiger partial charge in [0.1, 0.15) is 16.5 Å². The van der Waals surface area contributed by atoms with Crippen molar-refractivity contribution in [1.29, 1.82) is 0 Å². The Kier molecular flexibility index (Phi) is 3.24. The lowest BCUT2D eigenvalue weighted by Crippen LogP contribution is -2.33. The first-order valence-electron chi connectivity index (χ1n) is 5.64. The number of carboxylic acids is 1. The van der Waals surface area contributed by atoms with Crippen molar-refractivity contribution in [3.05, 3.63) is 22.8 Å². The molecule has 1 aromatic rings. The molecule has 0 unspecified atom stereocenters. The van der Waals surface area contributed by atoms with E-state index in [0.29, 0.717) is 11.0 Å². The van der Waals surface area contributed by atoms with Crippen molar-refractivity contribution in [1.82, 2.24) is 4.98 Å². The van der Waals surface area contributed by atoms with Crippen LogP contribution in [0, 0.1) is 5.41 Å². The number of pyridine rings is 1. The van der Waals surface area contributed by atoms with Gasteiger partial charge in [0.05, 0.1) is 0 Å². The number of nitrogens with zero attached hydrogens (tertiary/aromatic N) is 1. The highest BCUT2D eigenvalue weighted by Gasteiger charge is 2.31. The smallest absolute Gasteiger partial charge is 0.339 e. The monoisotopic (exact) mass is 254 g/mol. The summed E-state index contributed by atoms with van der Waals surface area (Å²) < 4.78 is 0. The van der Waals surface area contributed by atoms with Gasteiger partial charge in [-0.1, -0.05) is 24.9 Å². The summed E-state index contributed by atoms with van der Waals surface area (Å²) in [7, 11) is 0. The van der Waals surface area contributed by atoms with E-state index >= 15 is 0 Å². The van der Waals surface area contributed by atoms with E-state index in [-0.39, 0.29) is 11.0 Å². The molecule has 2 N–H and O–H groups in total. The quantitative estimate of drug-likeness (QED) is 0.811. The number of hydrogen-bond donors (Lipinski definition) is 2. The minimum Gasteiger partial charge on any atom is -0.478 e. The third kappa shape index (κ3) is 2.69. The van der Waals surface area contributed by atoms with E-state index in [9.17, 15) is 4.79 Å². The molecule has 1 aliphatic rings. The van der Waals surface area contributed by atoms with E-state index in [1.54, 1.807) is 0 Å². The molecule has 1 fully saturated rings. The SMILES string of the molecule is CC1(CNc2nc(Cl)ccc2C(=O)O)CCC1. The van der Waals surface area contributed by atoms with Crippen molar-refractivity contribution in [3.63, 3.8) is 0 Å². The molecule has 0 atom stereocenters. The van der Waals surface area contributed by atoms with Crippen LogP contribution >= 0.6 is 11.6 Å². The number of halogens is 1. The van der Waals surface area contributed by atoms with Gasteiger partial charge in [0, 0.05) is 6.54 Å². The van der Waals surface area contributed by atoms with Crippen LogP contribution in [0.3, 0.4) is 0 Å². The third-order valence-electron chi connectivity index (χ3n) is 3.33. The molecule has 0 aromatic carbocycles. The van der Waals surface area contributed by atoms with Crippen LogP contribution in [0.15, 0.2) is 12.1 Å². The molecule has 0 saturated heterocycles. The lowest BCUT2D eigenvalue weighted by Gasteiger charge is -2.38. The Hall–Kier alpha value is -1.29. The van der Waals surface area contributed by atoms with Crippen LogP contribution < -0.4 is 5.32 Å². The number of hydrogen-bond acceptors (Lipinski definition) is 3. The van der Waals surface area contributed by atoms with Gasteiger partial charge in [-0.3, -0.25) is 0 Å². The molecular weight excluding hydrogens is 240 g/mol. The predicted octanol–water partition coefficient (Wildman–Crippen LogP) is 3.04. The Morgan fingerprint density at radius 2 is 2.29 bits per heavy atom. The minimum absolute atomic E-state index is 0.164. The molecule has 1 saturated carbocycles. The highest BCUT2D eigenvalue weighted by atomic mass is 35.5. The number of carboxylic acid groups (broad SMARTS) is 1. The van der Waals surface area contributed by atoms with E-state index in [1.807, 2.05) is 0 Å². The van der Waals surface area contributed by atoms with Gasteiger partial charge >= 0.3 is 5.97 Å². The molecule has 1 heterocycles. The fourth-order valence-corrected chi connectivity index (χ4v) is 2.14. The summed E-state index contributed by atoms with van der Waals surface area (Å²) >= 11 is 5.78. The molecule has 1 aliphatic carbocycles. The van der Waals surface area contributed by atoms with Gasteiger partial charge in [-0.15, -0.1) is 0 Å². The van der Waals surface area contributed by atoms with Gasteiger partial charge in [0.15, 0.2) is 0 Å². The van der Waals surface area contributed by atoms with Crippen LogP contribution in [0.1, 0.15) is 36.5 Å². The maximum Gasteiger partial charge on any atom is 0.339 e. The van der Waals surface area contributed by atoms with Crippen molar-refractivity contribution < 1.29 is 9.90 Å². The van der Waals surface area contributed by atoms with E-state index in [1.165, 1.54) is 31.4 Å². The van der Waals surface area contributed by atoms with Crippen molar-refractivity contribution in [3.8, 4) is 0 Å². The van der Waals surface area contributed by atoms with E-state index in [2.05, 4.69) is 17.2 Å². The second kappa shape index (κ2) is 4.53. The first-order chi connectivity index (χ1) is 8.00.